The van der Waals surface area contributed by atoms with Crippen LogP contribution in [0.15, 0.2) is 0 Å². The normalized spacial score (nSPS) is 15.7. The summed E-state index contributed by atoms with van der Waals surface area (Å²) >= 11 is 0. The number of aliphatic hydroxyl groups excluding tert-OH is 1. The van der Waals surface area contributed by atoms with Crippen molar-refractivity contribution in [3.63, 3.8) is 0 Å². The largest absolute Gasteiger partial charge is 0.391 e. The molecule has 0 rings (SSSR count). The number of hydrogen-bond acceptors (Lipinski definition) is 2. The van der Waals surface area contributed by atoms with Gasteiger partial charge in [0.15, 0.2) is 0 Å². The molecule has 1 N–H and O–H groups in total. The summed E-state index contributed by atoms with van der Waals surface area (Å²) in [6, 6.07) is 0. The Morgan fingerprint density at radius 2 is 2.08 bits per heavy atom. The van der Waals surface area contributed by atoms with Gasteiger partial charge in [0.1, 0.15) is 0 Å². The molecule has 13 heavy (non-hydrogen) atoms. The smallest absolute Gasteiger partial charge is 0.0831 e. The molecule has 0 saturated carbocycles. The second-order valence-electron chi connectivity index (χ2n) is 3.50. The van der Waals surface area contributed by atoms with E-state index in [1.807, 2.05) is 0 Å². The molecule has 0 aromatic heterocycles. The predicted molar refractivity (Wildman–Crippen MR) is 55.5 cm³/mol. The van der Waals surface area contributed by atoms with Gasteiger partial charge >= 0.3 is 0 Å². The van der Waals surface area contributed by atoms with Gasteiger partial charge in [0.05, 0.1) is 12.2 Å². The van der Waals surface area contributed by atoms with E-state index in [1.54, 1.807) is 6.92 Å². The van der Waals surface area contributed by atoms with Gasteiger partial charge in [-0.3, -0.25) is 0 Å². The molecule has 2 nitrogen and oxygen atoms in total. The van der Waals surface area contributed by atoms with Gasteiger partial charge in [-0.15, -0.1) is 0 Å². The van der Waals surface area contributed by atoms with Crippen LogP contribution in [0.1, 0.15) is 46.0 Å². The van der Waals surface area contributed by atoms with E-state index < -0.39 is 0 Å². The van der Waals surface area contributed by atoms with Crippen LogP contribution in [0.3, 0.4) is 0 Å². The molecule has 2 unspecified atom stereocenters. The van der Waals surface area contributed by atoms with Crippen LogP contribution in [-0.4, -0.2) is 23.9 Å². The molecule has 2 atom stereocenters. The highest BCUT2D eigenvalue weighted by Gasteiger charge is 2.13. The fraction of sp³-hybridized carbons (Fsp3) is 0.909. The maximum atomic E-state index is 9.39. The van der Waals surface area contributed by atoms with Gasteiger partial charge in [-0.05, 0) is 19.8 Å². The highest BCUT2D eigenvalue weighted by molar-refractivity contribution is 4.64. The zero-order valence-electron chi connectivity index (χ0n) is 8.96. The molecule has 79 valence electrons. The average molecular weight is 187 g/mol. The maximum absolute atomic E-state index is 9.39. The minimum atomic E-state index is -0.358. The van der Waals surface area contributed by atoms with E-state index in [-0.39, 0.29) is 12.2 Å². The molecule has 0 fully saturated rings. The van der Waals surface area contributed by atoms with Crippen molar-refractivity contribution >= 4 is 0 Å². The summed E-state index contributed by atoms with van der Waals surface area (Å²) in [5.74, 6) is 0. The lowest BCUT2D eigenvalue weighted by Gasteiger charge is -2.20. The molecule has 0 amide bonds. The Morgan fingerprint density at radius 3 is 2.54 bits per heavy atom. The zero-order chi connectivity index (χ0) is 10.1. The van der Waals surface area contributed by atoms with Crippen LogP contribution in [0, 0.1) is 6.92 Å². The summed E-state index contributed by atoms with van der Waals surface area (Å²) in [5, 5.41) is 9.39. The number of aliphatic hydroxyl groups is 1. The van der Waals surface area contributed by atoms with Gasteiger partial charge in [-0.1, -0.05) is 33.1 Å². The van der Waals surface area contributed by atoms with Gasteiger partial charge in [0, 0.05) is 6.61 Å². The summed E-state index contributed by atoms with van der Waals surface area (Å²) in [5.41, 5.74) is 0. The molecule has 1 radical (unpaired) electrons. The molecular formula is C11H23O2. The fourth-order valence-electron chi connectivity index (χ4n) is 1.29. The number of hydrogen-bond donors (Lipinski definition) is 1. The van der Waals surface area contributed by atoms with Crippen molar-refractivity contribution in [2.24, 2.45) is 0 Å². The van der Waals surface area contributed by atoms with E-state index in [2.05, 4.69) is 13.8 Å². The highest BCUT2D eigenvalue weighted by atomic mass is 16.5. The predicted octanol–water partition coefficient (Wildman–Crippen LogP) is 2.56. The summed E-state index contributed by atoms with van der Waals surface area (Å²) < 4.78 is 5.49. The van der Waals surface area contributed by atoms with E-state index >= 15 is 0 Å². The first-order valence-electron chi connectivity index (χ1n) is 5.31. The molecule has 0 aromatic rings. The monoisotopic (exact) mass is 187 g/mol. The van der Waals surface area contributed by atoms with Crippen LogP contribution in [0.25, 0.3) is 0 Å². The summed E-state index contributed by atoms with van der Waals surface area (Å²) in [7, 11) is 0. The third-order valence-corrected chi connectivity index (χ3v) is 2.11. The molecule has 0 aliphatic rings. The molecule has 0 aliphatic heterocycles. The molecular weight excluding hydrogens is 164 g/mol. The van der Waals surface area contributed by atoms with Crippen LogP contribution in [-0.2, 0) is 4.74 Å². The van der Waals surface area contributed by atoms with Gasteiger partial charge in [0.25, 0.3) is 0 Å². The second-order valence-corrected chi connectivity index (χ2v) is 3.50. The molecule has 0 heterocycles. The number of rotatable bonds is 8. The zero-order valence-corrected chi connectivity index (χ0v) is 8.96. The molecule has 0 bridgehead atoms. The first-order valence-corrected chi connectivity index (χ1v) is 5.31. The standard InChI is InChI=1S/C11H23O2/c1-4-6-7-8-11(10(3)12)13-9-5-2/h10-12H,2,4-9H2,1,3H3. The van der Waals surface area contributed by atoms with Crippen molar-refractivity contribution in [2.75, 3.05) is 6.61 Å². The van der Waals surface area contributed by atoms with Crippen molar-refractivity contribution in [3.8, 4) is 0 Å². The Kier molecular flexibility index (Phi) is 8.46. The average Bonchev–Trinajstić information content (AvgIpc) is 2.10. The SMILES string of the molecule is [CH2]CCOC(CCCCC)C(C)O. The number of unbranched alkanes of at least 4 members (excludes halogenated alkanes) is 2. The van der Waals surface area contributed by atoms with E-state index in [4.69, 9.17) is 4.74 Å². The van der Waals surface area contributed by atoms with Crippen LogP contribution < -0.4 is 0 Å². The van der Waals surface area contributed by atoms with Crippen molar-refractivity contribution in [1.82, 2.24) is 0 Å². The van der Waals surface area contributed by atoms with E-state index in [0.717, 1.165) is 19.3 Å². The van der Waals surface area contributed by atoms with Gasteiger partial charge in [-0.2, -0.15) is 0 Å². The Hall–Kier alpha value is -0.0800. The summed E-state index contributed by atoms with van der Waals surface area (Å²) in [6.07, 6.45) is 4.96. The first kappa shape index (κ1) is 12.9. The Balaban J connectivity index is 3.54. The summed E-state index contributed by atoms with van der Waals surface area (Å²) in [4.78, 5) is 0. The third-order valence-electron chi connectivity index (χ3n) is 2.11. The van der Waals surface area contributed by atoms with Crippen molar-refractivity contribution < 1.29 is 9.84 Å². The van der Waals surface area contributed by atoms with Crippen LogP contribution in [0.4, 0.5) is 0 Å². The summed E-state index contributed by atoms with van der Waals surface area (Å²) in [6.45, 7) is 8.33. The molecule has 0 saturated heterocycles. The van der Waals surface area contributed by atoms with Crippen LogP contribution in [0.5, 0.6) is 0 Å². The topological polar surface area (TPSA) is 29.5 Å². The second kappa shape index (κ2) is 8.52. The van der Waals surface area contributed by atoms with Gasteiger partial charge in [-0.25, -0.2) is 0 Å². The Bertz CT molecular complexity index is 102. The molecule has 0 spiro atoms. The van der Waals surface area contributed by atoms with Gasteiger partial charge < -0.3 is 9.84 Å². The van der Waals surface area contributed by atoms with E-state index in [0.29, 0.717) is 6.61 Å². The highest BCUT2D eigenvalue weighted by Crippen LogP contribution is 2.10. The van der Waals surface area contributed by atoms with Gasteiger partial charge in [0.2, 0.25) is 0 Å². The maximum Gasteiger partial charge on any atom is 0.0831 e. The number of ether oxygens (including phenoxy) is 1. The Labute approximate surface area is 82.3 Å². The fourth-order valence-corrected chi connectivity index (χ4v) is 1.29. The Morgan fingerprint density at radius 1 is 1.38 bits per heavy atom. The van der Waals surface area contributed by atoms with Crippen molar-refractivity contribution in [3.05, 3.63) is 6.92 Å². The van der Waals surface area contributed by atoms with Crippen molar-refractivity contribution in [1.29, 1.82) is 0 Å². The van der Waals surface area contributed by atoms with Crippen LogP contribution >= 0.6 is 0 Å². The van der Waals surface area contributed by atoms with E-state index in [9.17, 15) is 5.11 Å². The first-order chi connectivity index (χ1) is 6.22. The molecule has 0 aliphatic carbocycles. The minimum Gasteiger partial charge on any atom is -0.391 e. The molecule has 2 heteroatoms. The lowest BCUT2D eigenvalue weighted by atomic mass is 10.1. The lowest BCUT2D eigenvalue weighted by molar-refractivity contribution is -0.0330. The van der Waals surface area contributed by atoms with Crippen molar-refractivity contribution in [2.45, 2.75) is 58.2 Å². The minimum absolute atomic E-state index is 0.00769. The lowest BCUT2D eigenvalue weighted by Crippen LogP contribution is -2.26. The quantitative estimate of drug-likeness (QED) is 0.592. The van der Waals surface area contributed by atoms with Crippen LogP contribution in [0.2, 0.25) is 0 Å². The third kappa shape index (κ3) is 7.03. The van der Waals surface area contributed by atoms with E-state index in [1.165, 1.54) is 12.8 Å². The molecule has 0 aromatic carbocycles.